The van der Waals surface area contributed by atoms with Crippen molar-refractivity contribution in [2.75, 3.05) is 5.75 Å². The van der Waals surface area contributed by atoms with Gasteiger partial charge in [-0.05, 0) is 13.3 Å². The topological polar surface area (TPSA) is 72.2 Å². The van der Waals surface area contributed by atoms with Crippen molar-refractivity contribution in [3.05, 3.63) is 0 Å². The fourth-order valence-corrected chi connectivity index (χ4v) is 2.31. The van der Waals surface area contributed by atoms with Gasteiger partial charge in [0.25, 0.3) is 0 Å². The van der Waals surface area contributed by atoms with E-state index in [0.29, 0.717) is 6.42 Å². The van der Waals surface area contributed by atoms with E-state index in [0.717, 1.165) is 6.42 Å². The SMILES string of the molecule is CCCCS(=O)(=O)NC(C)C(N)=S. The highest BCUT2D eigenvalue weighted by Gasteiger charge is 2.14. The number of rotatable bonds is 6. The van der Waals surface area contributed by atoms with Crippen molar-refractivity contribution in [1.82, 2.24) is 4.72 Å². The van der Waals surface area contributed by atoms with Crippen LogP contribution in [0.4, 0.5) is 0 Å². The molecule has 0 heterocycles. The second-order valence-electron chi connectivity index (χ2n) is 2.91. The Kier molecular flexibility index (Phi) is 5.43. The molecule has 0 radical (unpaired) electrons. The Hall–Kier alpha value is -0.200. The van der Waals surface area contributed by atoms with Crippen molar-refractivity contribution < 1.29 is 8.42 Å². The number of hydrogen-bond acceptors (Lipinski definition) is 3. The van der Waals surface area contributed by atoms with Crippen LogP contribution in [0.25, 0.3) is 0 Å². The van der Waals surface area contributed by atoms with Crippen molar-refractivity contribution in [2.24, 2.45) is 5.73 Å². The molecule has 0 saturated carbocycles. The predicted molar refractivity (Wildman–Crippen MR) is 58.1 cm³/mol. The lowest BCUT2D eigenvalue weighted by atomic mass is 10.4. The first-order chi connectivity index (χ1) is 5.89. The van der Waals surface area contributed by atoms with Crippen LogP contribution in [0.2, 0.25) is 0 Å². The third-order valence-corrected chi connectivity index (χ3v) is 3.44. The van der Waals surface area contributed by atoms with Crippen LogP contribution in [0.1, 0.15) is 26.7 Å². The summed E-state index contributed by atoms with van der Waals surface area (Å²) in [6.07, 6.45) is 1.50. The molecule has 0 aromatic carbocycles. The van der Waals surface area contributed by atoms with Gasteiger partial charge in [-0.1, -0.05) is 25.6 Å². The quantitative estimate of drug-likeness (QED) is 0.640. The number of nitrogens with two attached hydrogens (primary N) is 1. The highest BCUT2D eigenvalue weighted by molar-refractivity contribution is 7.89. The van der Waals surface area contributed by atoms with Crippen molar-refractivity contribution >= 4 is 27.2 Å². The minimum Gasteiger partial charge on any atom is -0.392 e. The van der Waals surface area contributed by atoms with Crippen LogP contribution in [0.15, 0.2) is 0 Å². The van der Waals surface area contributed by atoms with E-state index in [4.69, 9.17) is 5.73 Å². The average molecular weight is 224 g/mol. The summed E-state index contributed by atoms with van der Waals surface area (Å²) in [5.41, 5.74) is 5.28. The molecule has 0 bridgehead atoms. The third-order valence-electron chi connectivity index (χ3n) is 1.55. The molecule has 1 unspecified atom stereocenters. The van der Waals surface area contributed by atoms with Gasteiger partial charge in [0.2, 0.25) is 10.0 Å². The largest absolute Gasteiger partial charge is 0.392 e. The summed E-state index contributed by atoms with van der Waals surface area (Å²) in [5.74, 6) is 0.135. The fraction of sp³-hybridized carbons (Fsp3) is 0.857. The molecule has 0 spiro atoms. The van der Waals surface area contributed by atoms with Gasteiger partial charge in [0.05, 0.1) is 16.8 Å². The van der Waals surface area contributed by atoms with Crippen LogP contribution >= 0.6 is 12.2 Å². The summed E-state index contributed by atoms with van der Waals surface area (Å²) < 4.78 is 25.0. The summed E-state index contributed by atoms with van der Waals surface area (Å²) in [6, 6.07) is -0.461. The predicted octanol–water partition coefficient (Wildman–Crippen LogP) is 0.381. The van der Waals surface area contributed by atoms with E-state index >= 15 is 0 Å². The van der Waals surface area contributed by atoms with Gasteiger partial charge < -0.3 is 5.73 Å². The van der Waals surface area contributed by atoms with Crippen LogP contribution in [0.5, 0.6) is 0 Å². The molecule has 0 aliphatic carbocycles. The number of sulfonamides is 1. The number of unbranched alkanes of at least 4 members (excludes halogenated alkanes) is 1. The van der Waals surface area contributed by atoms with E-state index in [1.165, 1.54) is 0 Å². The first-order valence-corrected chi connectivity index (χ1v) is 6.24. The number of nitrogens with one attached hydrogen (secondary N) is 1. The molecular formula is C7H16N2O2S2. The van der Waals surface area contributed by atoms with E-state index in [9.17, 15) is 8.42 Å². The molecule has 78 valence electrons. The maximum Gasteiger partial charge on any atom is 0.212 e. The Bertz CT molecular complexity index is 262. The second kappa shape index (κ2) is 5.51. The van der Waals surface area contributed by atoms with Gasteiger partial charge in [0.1, 0.15) is 0 Å². The zero-order chi connectivity index (χ0) is 10.5. The molecule has 4 nitrogen and oxygen atoms in total. The Morgan fingerprint density at radius 1 is 1.62 bits per heavy atom. The summed E-state index contributed by atoms with van der Waals surface area (Å²) >= 11 is 4.65. The van der Waals surface area contributed by atoms with E-state index in [1.54, 1.807) is 6.92 Å². The molecule has 3 N–H and O–H groups in total. The van der Waals surface area contributed by atoms with Gasteiger partial charge in [-0.25, -0.2) is 13.1 Å². The Labute approximate surface area is 84.9 Å². The average Bonchev–Trinajstić information content (AvgIpc) is 2.00. The summed E-state index contributed by atoms with van der Waals surface area (Å²) in [5, 5.41) is 0. The molecular weight excluding hydrogens is 208 g/mol. The van der Waals surface area contributed by atoms with E-state index in [1.807, 2.05) is 6.92 Å². The minimum atomic E-state index is -3.21. The van der Waals surface area contributed by atoms with Gasteiger partial charge in [-0.2, -0.15) is 0 Å². The van der Waals surface area contributed by atoms with E-state index < -0.39 is 16.1 Å². The van der Waals surface area contributed by atoms with Crippen LogP contribution in [0.3, 0.4) is 0 Å². The van der Waals surface area contributed by atoms with Gasteiger partial charge in [0.15, 0.2) is 0 Å². The lowest BCUT2D eigenvalue weighted by Gasteiger charge is -2.11. The minimum absolute atomic E-state index is 0.135. The molecule has 1 atom stereocenters. The van der Waals surface area contributed by atoms with Crippen LogP contribution in [-0.4, -0.2) is 25.2 Å². The summed E-state index contributed by atoms with van der Waals surface area (Å²) in [6.45, 7) is 3.57. The van der Waals surface area contributed by atoms with Crippen molar-refractivity contribution in [3.8, 4) is 0 Å². The summed E-state index contributed by atoms with van der Waals surface area (Å²) in [4.78, 5) is 0.167. The number of thiocarbonyl (C=S) groups is 1. The molecule has 0 aromatic rings. The van der Waals surface area contributed by atoms with Crippen LogP contribution in [0, 0.1) is 0 Å². The van der Waals surface area contributed by atoms with Gasteiger partial charge in [-0.15, -0.1) is 0 Å². The maximum atomic E-state index is 11.3. The van der Waals surface area contributed by atoms with Crippen LogP contribution < -0.4 is 10.5 Å². The molecule has 0 rings (SSSR count). The van der Waals surface area contributed by atoms with Crippen LogP contribution in [-0.2, 0) is 10.0 Å². The van der Waals surface area contributed by atoms with Crippen molar-refractivity contribution in [2.45, 2.75) is 32.7 Å². The first kappa shape index (κ1) is 12.8. The van der Waals surface area contributed by atoms with E-state index in [-0.39, 0.29) is 10.7 Å². The molecule has 13 heavy (non-hydrogen) atoms. The zero-order valence-corrected chi connectivity index (χ0v) is 9.54. The highest BCUT2D eigenvalue weighted by atomic mass is 32.2. The number of hydrogen-bond donors (Lipinski definition) is 2. The lowest BCUT2D eigenvalue weighted by molar-refractivity contribution is 0.575. The molecule has 0 fully saturated rings. The maximum absolute atomic E-state index is 11.3. The smallest absolute Gasteiger partial charge is 0.212 e. The first-order valence-electron chi connectivity index (χ1n) is 4.18. The Balaban J connectivity index is 4.10. The normalized spacial score (nSPS) is 14.0. The highest BCUT2D eigenvalue weighted by Crippen LogP contribution is 1.95. The molecule has 0 aromatic heterocycles. The van der Waals surface area contributed by atoms with Crippen molar-refractivity contribution in [1.29, 1.82) is 0 Å². The fourth-order valence-electron chi connectivity index (χ4n) is 0.721. The van der Waals surface area contributed by atoms with E-state index in [2.05, 4.69) is 16.9 Å². The van der Waals surface area contributed by atoms with Gasteiger partial charge in [-0.3, -0.25) is 0 Å². The standard InChI is InChI=1S/C7H16N2O2S2/c1-3-4-5-13(10,11)9-6(2)7(8)12/h6,9H,3-5H2,1-2H3,(H2,8,12). The van der Waals surface area contributed by atoms with Gasteiger partial charge >= 0.3 is 0 Å². The molecule has 0 amide bonds. The lowest BCUT2D eigenvalue weighted by Crippen LogP contribution is -2.42. The third kappa shape index (κ3) is 5.95. The zero-order valence-electron chi connectivity index (χ0n) is 7.91. The molecule has 0 saturated heterocycles. The second-order valence-corrected chi connectivity index (χ2v) is 5.26. The molecule has 0 aliphatic heterocycles. The van der Waals surface area contributed by atoms with Gasteiger partial charge in [0, 0.05) is 0 Å². The molecule has 6 heteroatoms. The Morgan fingerprint density at radius 3 is 2.54 bits per heavy atom. The Morgan fingerprint density at radius 2 is 2.15 bits per heavy atom. The van der Waals surface area contributed by atoms with Crippen molar-refractivity contribution in [3.63, 3.8) is 0 Å². The monoisotopic (exact) mass is 224 g/mol. The summed E-state index contributed by atoms with van der Waals surface area (Å²) in [7, 11) is -3.21. The molecule has 0 aliphatic rings.